The van der Waals surface area contributed by atoms with Crippen molar-refractivity contribution >= 4 is 0 Å². The molecule has 0 bridgehead atoms. The molecule has 1 spiro atoms. The Bertz CT molecular complexity index is 402. The van der Waals surface area contributed by atoms with E-state index in [1.165, 1.54) is 24.0 Å². The van der Waals surface area contributed by atoms with E-state index >= 15 is 0 Å². The van der Waals surface area contributed by atoms with E-state index in [-0.39, 0.29) is 5.82 Å². The third-order valence-electron chi connectivity index (χ3n) is 4.20. The topological polar surface area (TPSA) is 0 Å². The molecular weight excluding hydrogens is 187 g/mol. The molecular formula is C14H17F. The van der Waals surface area contributed by atoms with Crippen molar-refractivity contribution in [2.24, 2.45) is 11.3 Å². The molecule has 0 heterocycles. The van der Waals surface area contributed by atoms with Crippen LogP contribution in [0.3, 0.4) is 0 Å². The Kier molecular flexibility index (Phi) is 1.78. The van der Waals surface area contributed by atoms with Crippen LogP contribution in [-0.4, -0.2) is 0 Å². The average Bonchev–Trinajstić information content (AvgIpc) is 2.79. The number of benzene rings is 1. The molecule has 3 rings (SSSR count). The predicted molar refractivity (Wildman–Crippen MR) is 59.4 cm³/mol. The maximum absolute atomic E-state index is 13.2. The van der Waals surface area contributed by atoms with Gasteiger partial charge in [-0.1, -0.05) is 19.9 Å². The minimum absolute atomic E-state index is 0.0750. The Morgan fingerprint density at radius 1 is 1.33 bits per heavy atom. The maximum Gasteiger partial charge on any atom is 0.123 e. The lowest BCUT2D eigenvalue weighted by Crippen LogP contribution is -2.14. The molecule has 0 radical (unpaired) electrons. The second-order valence-corrected chi connectivity index (χ2v) is 5.60. The van der Waals surface area contributed by atoms with Crippen LogP contribution >= 0.6 is 0 Å². The first kappa shape index (κ1) is 9.38. The van der Waals surface area contributed by atoms with Gasteiger partial charge in [-0.3, -0.25) is 0 Å². The molecule has 1 aromatic carbocycles. The van der Waals surface area contributed by atoms with Gasteiger partial charge in [-0.15, -0.1) is 0 Å². The van der Waals surface area contributed by atoms with E-state index in [2.05, 4.69) is 13.8 Å². The van der Waals surface area contributed by atoms with E-state index in [1.54, 1.807) is 12.1 Å². The van der Waals surface area contributed by atoms with Crippen LogP contribution in [0.1, 0.15) is 43.7 Å². The molecule has 0 aliphatic heterocycles. The molecule has 1 aromatic rings. The van der Waals surface area contributed by atoms with Gasteiger partial charge in [0.2, 0.25) is 0 Å². The normalized spacial score (nSPS) is 26.0. The fraction of sp³-hybridized carbons (Fsp3) is 0.571. The van der Waals surface area contributed by atoms with Gasteiger partial charge in [0, 0.05) is 0 Å². The van der Waals surface area contributed by atoms with Gasteiger partial charge in [0.25, 0.3) is 0 Å². The summed E-state index contributed by atoms with van der Waals surface area (Å²) in [7, 11) is 0. The Balaban J connectivity index is 2.09. The lowest BCUT2D eigenvalue weighted by atomic mass is 9.81. The summed E-state index contributed by atoms with van der Waals surface area (Å²) < 4.78 is 13.2. The Morgan fingerprint density at radius 2 is 2.07 bits per heavy atom. The third-order valence-corrected chi connectivity index (χ3v) is 4.20. The van der Waals surface area contributed by atoms with Crippen molar-refractivity contribution in [2.45, 2.75) is 39.0 Å². The summed E-state index contributed by atoms with van der Waals surface area (Å²) in [5.74, 6) is 1.28. The molecule has 0 aromatic heterocycles. The highest BCUT2D eigenvalue weighted by Gasteiger charge is 2.54. The summed E-state index contributed by atoms with van der Waals surface area (Å²) in [5, 5.41) is 0. The second-order valence-electron chi connectivity index (χ2n) is 5.60. The van der Waals surface area contributed by atoms with E-state index in [9.17, 15) is 4.39 Å². The fourth-order valence-electron chi connectivity index (χ4n) is 3.56. The Labute approximate surface area is 90.5 Å². The molecule has 0 amide bonds. The van der Waals surface area contributed by atoms with Crippen LogP contribution in [-0.2, 0) is 6.42 Å². The van der Waals surface area contributed by atoms with Gasteiger partial charge in [0.1, 0.15) is 5.82 Å². The quantitative estimate of drug-likeness (QED) is 0.650. The standard InChI is InChI=1S/C14H17F/c1-9(2)13-12-4-3-11(15)7-10(12)8-14(13)5-6-14/h3-4,7,9,13H,5-6,8H2,1-2H3. The van der Waals surface area contributed by atoms with Crippen LogP contribution in [0, 0.1) is 17.2 Å². The summed E-state index contributed by atoms with van der Waals surface area (Å²) >= 11 is 0. The van der Waals surface area contributed by atoms with Gasteiger partial charge in [-0.2, -0.15) is 0 Å². The number of rotatable bonds is 1. The number of fused-ring (bicyclic) bond motifs is 1. The number of hydrogen-bond donors (Lipinski definition) is 0. The highest BCUT2D eigenvalue weighted by atomic mass is 19.1. The first-order valence-electron chi connectivity index (χ1n) is 5.91. The zero-order valence-electron chi connectivity index (χ0n) is 9.39. The summed E-state index contributed by atoms with van der Waals surface area (Å²) in [6.45, 7) is 4.59. The summed E-state index contributed by atoms with van der Waals surface area (Å²) in [6, 6.07) is 5.38. The average molecular weight is 204 g/mol. The third kappa shape index (κ3) is 1.25. The van der Waals surface area contributed by atoms with Crippen molar-refractivity contribution in [3.63, 3.8) is 0 Å². The Hall–Kier alpha value is -0.850. The van der Waals surface area contributed by atoms with Gasteiger partial charge >= 0.3 is 0 Å². The maximum atomic E-state index is 13.2. The second kappa shape index (κ2) is 2.84. The first-order valence-corrected chi connectivity index (χ1v) is 5.91. The van der Waals surface area contributed by atoms with Crippen molar-refractivity contribution in [1.82, 2.24) is 0 Å². The van der Waals surface area contributed by atoms with Crippen molar-refractivity contribution in [3.8, 4) is 0 Å². The van der Waals surface area contributed by atoms with Gasteiger partial charge in [-0.05, 0) is 59.8 Å². The highest BCUT2D eigenvalue weighted by Crippen LogP contribution is 2.65. The molecule has 1 fully saturated rings. The Morgan fingerprint density at radius 3 is 2.67 bits per heavy atom. The molecule has 2 aliphatic carbocycles. The van der Waals surface area contributed by atoms with E-state index < -0.39 is 0 Å². The summed E-state index contributed by atoms with van der Waals surface area (Å²) in [5.41, 5.74) is 3.21. The zero-order chi connectivity index (χ0) is 10.6. The van der Waals surface area contributed by atoms with Gasteiger partial charge in [-0.25, -0.2) is 4.39 Å². The molecule has 0 N–H and O–H groups in total. The van der Waals surface area contributed by atoms with Crippen LogP contribution in [0.4, 0.5) is 4.39 Å². The van der Waals surface area contributed by atoms with Gasteiger partial charge in [0.05, 0.1) is 0 Å². The molecule has 2 aliphatic rings. The van der Waals surface area contributed by atoms with Crippen LogP contribution < -0.4 is 0 Å². The number of halogens is 1. The summed E-state index contributed by atoms with van der Waals surface area (Å²) in [4.78, 5) is 0. The molecule has 0 saturated heterocycles. The summed E-state index contributed by atoms with van der Waals surface area (Å²) in [6.07, 6.45) is 3.79. The molecule has 1 saturated carbocycles. The van der Waals surface area contributed by atoms with Crippen molar-refractivity contribution in [2.75, 3.05) is 0 Å². The lowest BCUT2D eigenvalue weighted by Gasteiger charge is -2.23. The van der Waals surface area contributed by atoms with E-state index in [4.69, 9.17) is 0 Å². The molecule has 1 unspecified atom stereocenters. The van der Waals surface area contributed by atoms with Crippen LogP contribution in [0.25, 0.3) is 0 Å². The SMILES string of the molecule is CC(C)C1c2ccc(F)cc2CC12CC2. The minimum atomic E-state index is -0.0750. The molecule has 1 atom stereocenters. The predicted octanol–water partition coefficient (Wildman–Crippen LogP) is 3.90. The van der Waals surface area contributed by atoms with Gasteiger partial charge in [0.15, 0.2) is 0 Å². The van der Waals surface area contributed by atoms with E-state index in [1.807, 2.05) is 6.07 Å². The molecule has 1 heteroatoms. The van der Waals surface area contributed by atoms with E-state index in [0.29, 0.717) is 17.3 Å². The highest BCUT2D eigenvalue weighted by molar-refractivity contribution is 5.41. The lowest BCUT2D eigenvalue weighted by molar-refractivity contribution is 0.347. The molecule has 0 nitrogen and oxygen atoms in total. The zero-order valence-corrected chi connectivity index (χ0v) is 9.39. The molecule has 15 heavy (non-hydrogen) atoms. The molecule has 80 valence electrons. The first-order chi connectivity index (χ1) is 7.12. The van der Waals surface area contributed by atoms with Crippen LogP contribution in [0.15, 0.2) is 18.2 Å². The van der Waals surface area contributed by atoms with Crippen LogP contribution in [0.2, 0.25) is 0 Å². The fourth-order valence-corrected chi connectivity index (χ4v) is 3.56. The largest absolute Gasteiger partial charge is 0.207 e. The van der Waals surface area contributed by atoms with Crippen molar-refractivity contribution < 1.29 is 4.39 Å². The van der Waals surface area contributed by atoms with Gasteiger partial charge < -0.3 is 0 Å². The van der Waals surface area contributed by atoms with Crippen molar-refractivity contribution in [1.29, 1.82) is 0 Å². The smallest absolute Gasteiger partial charge is 0.123 e. The monoisotopic (exact) mass is 204 g/mol. The van der Waals surface area contributed by atoms with E-state index in [0.717, 1.165) is 6.42 Å². The van der Waals surface area contributed by atoms with Crippen LogP contribution in [0.5, 0.6) is 0 Å². The van der Waals surface area contributed by atoms with Crippen molar-refractivity contribution in [3.05, 3.63) is 35.1 Å². The number of hydrogen-bond acceptors (Lipinski definition) is 0. The minimum Gasteiger partial charge on any atom is -0.207 e.